The summed E-state index contributed by atoms with van der Waals surface area (Å²) in [6.07, 6.45) is 0.133. The van der Waals surface area contributed by atoms with Gasteiger partial charge >= 0.3 is 0 Å². The van der Waals surface area contributed by atoms with Crippen molar-refractivity contribution in [1.29, 1.82) is 0 Å². The van der Waals surface area contributed by atoms with Crippen LogP contribution in [0.15, 0.2) is 65.0 Å². The Labute approximate surface area is 166 Å². The van der Waals surface area contributed by atoms with Gasteiger partial charge in [0.2, 0.25) is 0 Å². The van der Waals surface area contributed by atoms with Crippen molar-refractivity contribution in [2.24, 2.45) is 0 Å². The first kappa shape index (κ1) is 17.5. The van der Waals surface area contributed by atoms with Crippen LogP contribution < -0.4 is 4.74 Å². The van der Waals surface area contributed by atoms with Crippen molar-refractivity contribution in [2.45, 2.75) is 24.3 Å². The third-order valence-electron chi connectivity index (χ3n) is 3.92. The molecule has 0 fully saturated rings. The summed E-state index contributed by atoms with van der Waals surface area (Å²) in [5, 5.41) is 2.20. The quantitative estimate of drug-likeness (QED) is 0.283. The molecule has 4 aromatic rings. The molecule has 0 saturated carbocycles. The maximum Gasteiger partial charge on any atom is 0.156 e. The maximum atomic E-state index is 5.96. The van der Waals surface area contributed by atoms with Gasteiger partial charge in [-0.25, -0.2) is 4.98 Å². The molecule has 0 amide bonds. The SMILES string of the molecule is CC(C)Oc1ccc(C(=S)Sc2nc3ccccc3s2)c2ccccc12. The molecule has 0 N–H and O–H groups in total. The van der Waals surface area contributed by atoms with E-state index >= 15 is 0 Å². The number of thioether (sulfide) groups is 1. The number of thiocarbonyl (C=S) groups is 1. The highest BCUT2D eigenvalue weighted by atomic mass is 32.2. The standard InChI is InChI=1S/C21H17NOS3/c1-13(2)23-18-12-11-16(14-7-3-4-8-15(14)18)20(24)26-21-22-17-9-5-6-10-19(17)25-21/h3-13H,1-2H3. The molecule has 1 heterocycles. The van der Waals surface area contributed by atoms with Gasteiger partial charge in [-0.15, -0.1) is 11.3 Å². The summed E-state index contributed by atoms with van der Waals surface area (Å²) in [6, 6.07) is 20.5. The first-order valence-corrected chi connectivity index (χ1v) is 10.4. The molecule has 0 unspecified atom stereocenters. The highest BCUT2D eigenvalue weighted by Crippen LogP contribution is 2.36. The van der Waals surface area contributed by atoms with Crippen LogP contribution in [-0.4, -0.2) is 15.3 Å². The molecule has 0 atom stereocenters. The smallest absolute Gasteiger partial charge is 0.156 e. The Hall–Kier alpha value is -1.95. The highest BCUT2D eigenvalue weighted by molar-refractivity contribution is 8.24. The van der Waals surface area contributed by atoms with Gasteiger partial charge in [-0.05, 0) is 55.3 Å². The molecule has 0 aliphatic heterocycles. The molecule has 0 bridgehead atoms. The topological polar surface area (TPSA) is 22.1 Å². The first-order chi connectivity index (χ1) is 12.6. The van der Waals surface area contributed by atoms with E-state index in [-0.39, 0.29) is 6.10 Å². The van der Waals surface area contributed by atoms with Gasteiger partial charge in [-0.3, -0.25) is 0 Å². The Morgan fingerprint density at radius 2 is 1.73 bits per heavy atom. The third kappa shape index (κ3) is 3.47. The van der Waals surface area contributed by atoms with Crippen molar-refractivity contribution in [1.82, 2.24) is 4.98 Å². The number of aromatic nitrogens is 1. The summed E-state index contributed by atoms with van der Waals surface area (Å²) in [7, 11) is 0. The Morgan fingerprint density at radius 3 is 2.50 bits per heavy atom. The molecule has 130 valence electrons. The van der Waals surface area contributed by atoms with Crippen molar-refractivity contribution in [3.05, 3.63) is 66.2 Å². The minimum Gasteiger partial charge on any atom is -0.490 e. The second-order valence-corrected chi connectivity index (χ2v) is 9.12. The lowest BCUT2D eigenvalue weighted by atomic mass is 10.0. The fourth-order valence-corrected chi connectivity index (χ4v) is 5.38. The number of hydrogen-bond acceptors (Lipinski definition) is 5. The predicted molar refractivity (Wildman–Crippen MR) is 117 cm³/mol. The average molecular weight is 396 g/mol. The highest BCUT2D eigenvalue weighted by Gasteiger charge is 2.14. The molecule has 5 heteroatoms. The van der Waals surface area contributed by atoms with Crippen LogP contribution in [-0.2, 0) is 0 Å². The van der Waals surface area contributed by atoms with Crippen LogP contribution in [0.3, 0.4) is 0 Å². The summed E-state index contributed by atoms with van der Waals surface area (Å²) in [5.74, 6) is 0.895. The lowest BCUT2D eigenvalue weighted by molar-refractivity contribution is 0.245. The number of hydrogen-bond donors (Lipinski definition) is 0. The molecular weight excluding hydrogens is 378 g/mol. The van der Waals surface area contributed by atoms with Crippen LogP contribution in [0.5, 0.6) is 5.75 Å². The van der Waals surface area contributed by atoms with E-state index in [0.717, 1.165) is 36.1 Å². The minimum absolute atomic E-state index is 0.133. The molecular formula is C21H17NOS3. The van der Waals surface area contributed by atoms with Crippen LogP contribution in [0.25, 0.3) is 21.0 Å². The van der Waals surface area contributed by atoms with Crippen molar-refractivity contribution in [2.75, 3.05) is 0 Å². The minimum atomic E-state index is 0.133. The summed E-state index contributed by atoms with van der Waals surface area (Å²) < 4.78 is 8.95. The van der Waals surface area contributed by atoms with Gasteiger partial charge in [0.05, 0.1) is 20.5 Å². The normalized spacial score (nSPS) is 11.3. The van der Waals surface area contributed by atoms with E-state index in [4.69, 9.17) is 17.0 Å². The molecule has 0 radical (unpaired) electrons. The molecule has 3 aromatic carbocycles. The van der Waals surface area contributed by atoms with E-state index in [1.54, 1.807) is 23.1 Å². The first-order valence-electron chi connectivity index (χ1n) is 8.38. The molecule has 4 rings (SSSR count). The van der Waals surface area contributed by atoms with E-state index in [2.05, 4.69) is 29.2 Å². The Morgan fingerprint density at radius 1 is 1.00 bits per heavy atom. The van der Waals surface area contributed by atoms with Crippen LogP contribution in [0.4, 0.5) is 0 Å². The molecule has 2 nitrogen and oxygen atoms in total. The average Bonchev–Trinajstić information content (AvgIpc) is 3.03. The second kappa shape index (κ2) is 7.35. The van der Waals surface area contributed by atoms with E-state index in [0.29, 0.717) is 0 Å². The fourth-order valence-electron chi connectivity index (χ4n) is 2.84. The number of nitrogens with zero attached hydrogens (tertiary/aromatic N) is 1. The maximum absolute atomic E-state index is 5.96. The number of para-hydroxylation sites is 1. The van der Waals surface area contributed by atoms with Crippen molar-refractivity contribution in [3.8, 4) is 5.75 Å². The Kier molecular flexibility index (Phi) is 4.94. The van der Waals surface area contributed by atoms with Gasteiger partial charge in [0.1, 0.15) is 5.75 Å². The third-order valence-corrected chi connectivity index (χ3v) is 6.39. The largest absolute Gasteiger partial charge is 0.490 e. The van der Waals surface area contributed by atoms with Gasteiger partial charge in [0.25, 0.3) is 0 Å². The summed E-state index contributed by atoms with van der Waals surface area (Å²) in [4.78, 5) is 4.68. The van der Waals surface area contributed by atoms with Gasteiger partial charge in [-0.1, -0.05) is 48.6 Å². The van der Waals surface area contributed by atoms with E-state index < -0.39 is 0 Å². The monoisotopic (exact) mass is 395 g/mol. The zero-order valence-corrected chi connectivity index (χ0v) is 16.9. The number of rotatable bonds is 4. The predicted octanol–water partition coefficient (Wildman–Crippen LogP) is 6.70. The molecule has 0 aliphatic rings. The van der Waals surface area contributed by atoms with Gasteiger partial charge in [-0.2, -0.15) is 0 Å². The van der Waals surface area contributed by atoms with Gasteiger partial charge in [0.15, 0.2) is 4.34 Å². The molecule has 0 aliphatic carbocycles. The van der Waals surface area contributed by atoms with E-state index in [9.17, 15) is 0 Å². The molecule has 1 aromatic heterocycles. The lowest BCUT2D eigenvalue weighted by Crippen LogP contribution is -2.06. The zero-order valence-electron chi connectivity index (χ0n) is 14.4. The number of fused-ring (bicyclic) bond motifs is 2. The van der Waals surface area contributed by atoms with Crippen LogP contribution in [0.1, 0.15) is 19.4 Å². The second-order valence-electron chi connectivity index (χ2n) is 6.16. The van der Waals surface area contributed by atoms with Gasteiger partial charge in [0, 0.05) is 10.9 Å². The Bertz CT molecular complexity index is 1070. The van der Waals surface area contributed by atoms with Crippen molar-refractivity contribution in [3.63, 3.8) is 0 Å². The molecule has 26 heavy (non-hydrogen) atoms. The summed E-state index contributed by atoms with van der Waals surface area (Å²) in [5.41, 5.74) is 2.07. The number of ether oxygens (including phenoxy) is 1. The Balaban J connectivity index is 1.70. The molecule has 0 saturated heterocycles. The van der Waals surface area contributed by atoms with Crippen molar-refractivity contribution >= 4 is 60.5 Å². The lowest BCUT2D eigenvalue weighted by Gasteiger charge is -2.14. The van der Waals surface area contributed by atoms with Crippen LogP contribution >= 0.6 is 35.3 Å². The number of benzene rings is 3. The summed E-state index contributed by atoms with van der Waals surface area (Å²) in [6.45, 7) is 4.08. The fraction of sp³-hybridized carbons (Fsp3) is 0.143. The van der Waals surface area contributed by atoms with Crippen LogP contribution in [0, 0.1) is 0 Å². The van der Waals surface area contributed by atoms with Crippen LogP contribution in [0.2, 0.25) is 0 Å². The van der Waals surface area contributed by atoms with Gasteiger partial charge < -0.3 is 4.74 Å². The zero-order chi connectivity index (χ0) is 18.1. The van der Waals surface area contributed by atoms with Crippen molar-refractivity contribution < 1.29 is 4.74 Å². The summed E-state index contributed by atoms with van der Waals surface area (Å²) >= 11 is 8.99. The van der Waals surface area contributed by atoms with E-state index in [1.165, 1.54) is 4.70 Å². The molecule has 0 spiro atoms. The number of thiazole rings is 1. The van der Waals surface area contributed by atoms with E-state index in [1.807, 2.05) is 50.2 Å².